The number of nitrogen functional groups attached to an aromatic ring is 1. The van der Waals surface area contributed by atoms with Crippen LogP contribution in [0, 0.1) is 6.92 Å². The van der Waals surface area contributed by atoms with Crippen molar-refractivity contribution in [3.8, 4) is 10.4 Å². The monoisotopic (exact) mass is 231 g/mol. The summed E-state index contributed by atoms with van der Waals surface area (Å²) in [6.07, 6.45) is 0. The van der Waals surface area contributed by atoms with Gasteiger partial charge in [0, 0.05) is 4.88 Å². The maximum atomic E-state index is 5.78. The highest BCUT2D eigenvalue weighted by atomic mass is 32.1. The van der Waals surface area contributed by atoms with E-state index in [1.54, 1.807) is 11.3 Å². The number of rotatable bonds is 2. The SMILES string of the molecule is Cc1ccc(C(C)C)cc1-c1ccc(N)s1. The molecule has 1 aromatic carbocycles. The van der Waals surface area contributed by atoms with Crippen molar-refractivity contribution in [2.75, 3.05) is 5.73 Å². The van der Waals surface area contributed by atoms with Crippen LogP contribution < -0.4 is 5.73 Å². The lowest BCUT2D eigenvalue weighted by molar-refractivity contribution is 0.866. The Kier molecular flexibility index (Phi) is 3.01. The third kappa shape index (κ3) is 2.12. The number of hydrogen-bond donors (Lipinski definition) is 1. The highest BCUT2D eigenvalue weighted by molar-refractivity contribution is 7.19. The van der Waals surface area contributed by atoms with Gasteiger partial charge in [0.25, 0.3) is 0 Å². The number of aryl methyl sites for hydroxylation is 1. The average molecular weight is 231 g/mol. The van der Waals surface area contributed by atoms with Crippen molar-refractivity contribution in [2.24, 2.45) is 0 Å². The van der Waals surface area contributed by atoms with Crippen LogP contribution in [0.25, 0.3) is 10.4 Å². The zero-order chi connectivity index (χ0) is 11.7. The Morgan fingerprint density at radius 1 is 1.12 bits per heavy atom. The molecule has 0 aliphatic heterocycles. The van der Waals surface area contributed by atoms with Crippen molar-refractivity contribution in [1.29, 1.82) is 0 Å². The first-order valence-corrected chi connectivity index (χ1v) is 6.36. The summed E-state index contributed by atoms with van der Waals surface area (Å²) < 4.78 is 0. The van der Waals surface area contributed by atoms with E-state index < -0.39 is 0 Å². The van der Waals surface area contributed by atoms with Crippen molar-refractivity contribution >= 4 is 16.3 Å². The molecule has 0 aliphatic carbocycles. The Bertz CT molecular complexity index is 497. The van der Waals surface area contributed by atoms with E-state index in [0.29, 0.717) is 5.92 Å². The summed E-state index contributed by atoms with van der Waals surface area (Å²) in [5.41, 5.74) is 9.79. The minimum atomic E-state index is 0.566. The molecular weight excluding hydrogens is 214 g/mol. The van der Waals surface area contributed by atoms with Gasteiger partial charge in [-0.3, -0.25) is 0 Å². The molecule has 84 valence electrons. The van der Waals surface area contributed by atoms with Crippen molar-refractivity contribution in [3.05, 3.63) is 41.5 Å². The molecule has 0 saturated heterocycles. The van der Waals surface area contributed by atoms with Crippen LogP contribution in [0.4, 0.5) is 5.00 Å². The maximum absolute atomic E-state index is 5.78. The minimum Gasteiger partial charge on any atom is -0.391 e. The van der Waals surface area contributed by atoms with Crippen LogP contribution in [0.1, 0.15) is 30.9 Å². The van der Waals surface area contributed by atoms with Gasteiger partial charge >= 0.3 is 0 Å². The van der Waals surface area contributed by atoms with E-state index in [1.165, 1.54) is 21.6 Å². The molecule has 0 unspecified atom stereocenters. The molecule has 0 amide bonds. The molecule has 1 heterocycles. The Morgan fingerprint density at radius 2 is 1.88 bits per heavy atom. The van der Waals surface area contributed by atoms with Crippen molar-refractivity contribution in [3.63, 3.8) is 0 Å². The smallest absolute Gasteiger partial charge is 0.0862 e. The number of benzene rings is 1. The molecule has 0 saturated carbocycles. The van der Waals surface area contributed by atoms with E-state index >= 15 is 0 Å². The summed E-state index contributed by atoms with van der Waals surface area (Å²) in [7, 11) is 0. The van der Waals surface area contributed by atoms with Gasteiger partial charge in [-0.15, -0.1) is 11.3 Å². The molecule has 16 heavy (non-hydrogen) atoms. The van der Waals surface area contributed by atoms with Crippen LogP contribution in [0.15, 0.2) is 30.3 Å². The average Bonchev–Trinajstić information content (AvgIpc) is 2.65. The zero-order valence-electron chi connectivity index (χ0n) is 9.95. The molecular formula is C14H17NS. The molecule has 0 atom stereocenters. The highest BCUT2D eigenvalue weighted by Gasteiger charge is 2.07. The molecule has 0 spiro atoms. The molecule has 0 radical (unpaired) electrons. The fraction of sp³-hybridized carbons (Fsp3) is 0.286. The topological polar surface area (TPSA) is 26.0 Å². The zero-order valence-corrected chi connectivity index (χ0v) is 10.8. The normalized spacial score (nSPS) is 11.0. The van der Waals surface area contributed by atoms with Crippen molar-refractivity contribution in [2.45, 2.75) is 26.7 Å². The number of thiophene rings is 1. The van der Waals surface area contributed by atoms with E-state index in [-0.39, 0.29) is 0 Å². The fourth-order valence-corrected chi connectivity index (χ4v) is 2.62. The van der Waals surface area contributed by atoms with Crippen LogP contribution >= 0.6 is 11.3 Å². The second kappa shape index (κ2) is 4.30. The third-order valence-corrected chi connectivity index (χ3v) is 3.77. The standard InChI is InChI=1S/C14H17NS/c1-9(2)11-5-4-10(3)12(8-11)13-6-7-14(15)16-13/h4-9H,15H2,1-3H3. The van der Waals surface area contributed by atoms with Gasteiger partial charge in [-0.2, -0.15) is 0 Å². The van der Waals surface area contributed by atoms with Gasteiger partial charge in [0.05, 0.1) is 5.00 Å². The van der Waals surface area contributed by atoms with E-state index in [4.69, 9.17) is 5.73 Å². The lowest BCUT2D eigenvalue weighted by Gasteiger charge is -2.09. The summed E-state index contributed by atoms with van der Waals surface area (Å²) in [6, 6.07) is 10.8. The molecule has 0 fully saturated rings. The maximum Gasteiger partial charge on any atom is 0.0862 e. The van der Waals surface area contributed by atoms with Crippen LogP contribution in [0.3, 0.4) is 0 Å². The van der Waals surface area contributed by atoms with Gasteiger partial charge < -0.3 is 5.73 Å². The van der Waals surface area contributed by atoms with Gasteiger partial charge in [-0.25, -0.2) is 0 Å². The van der Waals surface area contributed by atoms with Gasteiger partial charge in [-0.05, 0) is 47.7 Å². The van der Waals surface area contributed by atoms with Gasteiger partial charge in [0.15, 0.2) is 0 Å². The van der Waals surface area contributed by atoms with Gasteiger partial charge in [0.1, 0.15) is 0 Å². The highest BCUT2D eigenvalue weighted by Crippen LogP contribution is 2.33. The third-order valence-electron chi connectivity index (χ3n) is 2.82. The molecule has 2 rings (SSSR count). The second-order valence-electron chi connectivity index (χ2n) is 4.43. The molecule has 0 bridgehead atoms. The minimum absolute atomic E-state index is 0.566. The summed E-state index contributed by atoms with van der Waals surface area (Å²) >= 11 is 1.65. The molecule has 2 N–H and O–H groups in total. The van der Waals surface area contributed by atoms with Gasteiger partial charge in [0.2, 0.25) is 0 Å². The number of hydrogen-bond acceptors (Lipinski definition) is 2. The predicted octanol–water partition coefficient (Wildman–Crippen LogP) is 4.43. The van der Waals surface area contributed by atoms with E-state index in [0.717, 1.165) is 5.00 Å². The number of nitrogens with two attached hydrogens (primary N) is 1. The first-order chi connectivity index (χ1) is 7.58. The lowest BCUT2D eigenvalue weighted by Crippen LogP contribution is -1.89. The Morgan fingerprint density at radius 3 is 2.44 bits per heavy atom. The van der Waals surface area contributed by atoms with Crippen LogP contribution in [0.2, 0.25) is 0 Å². The molecule has 1 aromatic heterocycles. The lowest BCUT2D eigenvalue weighted by atomic mass is 9.97. The fourth-order valence-electron chi connectivity index (χ4n) is 1.76. The quantitative estimate of drug-likeness (QED) is 0.813. The molecule has 1 nitrogen and oxygen atoms in total. The van der Waals surface area contributed by atoms with E-state index in [1.807, 2.05) is 6.07 Å². The predicted molar refractivity (Wildman–Crippen MR) is 73.0 cm³/mol. The molecule has 2 heteroatoms. The molecule has 2 aromatic rings. The summed E-state index contributed by atoms with van der Waals surface area (Å²) in [5.74, 6) is 0.566. The van der Waals surface area contributed by atoms with Crippen molar-refractivity contribution in [1.82, 2.24) is 0 Å². The summed E-state index contributed by atoms with van der Waals surface area (Å²) in [4.78, 5) is 1.26. The van der Waals surface area contributed by atoms with Gasteiger partial charge in [-0.1, -0.05) is 26.0 Å². The van der Waals surface area contributed by atoms with Crippen LogP contribution in [-0.2, 0) is 0 Å². The molecule has 0 aliphatic rings. The second-order valence-corrected chi connectivity index (χ2v) is 5.55. The van der Waals surface area contributed by atoms with E-state index in [9.17, 15) is 0 Å². The van der Waals surface area contributed by atoms with E-state index in [2.05, 4.69) is 45.0 Å². The first-order valence-electron chi connectivity index (χ1n) is 5.54. The summed E-state index contributed by atoms with van der Waals surface area (Å²) in [6.45, 7) is 6.59. The largest absolute Gasteiger partial charge is 0.391 e. The number of anilines is 1. The van der Waals surface area contributed by atoms with Crippen LogP contribution in [0.5, 0.6) is 0 Å². The summed E-state index contributed by atoms with van der Waals surface area (Å²) in [5, 5.41) is 0.879. The Labute approximate surface area is 101 Å². The van der Waals surface area contributed by atoms with Crippen LogP contribution in [-0.4, -0.2) is 0 Å². The Hall–Kier alpha value is -1.28. The Balaban J connectivity index is 2.51. The van der Waals surface area contributed by atoms with Crippen molar-refractivity contribution < 1.29 is 0 Å². The first kappa shape index (κ1) is 11.2.